The van der Waals surface area contributed by atoms with Crippen molar-refractivity contribution in [1.82, 2.24) is 5.32 Å². The molecule has 0 aliphatic rings. The van der Waals surface area contributed by atoms with Gasteiger partial charge in [-0.2, -0.15) is 0 Å². The van der Waals surface area contributed by atoms with Gasteiger partial charge in [0.1, 0.15) is 5.82 Å². The second-order valence-corrected chi connectivity index (χ2v) is 5.16. The fraction of sp³-hybridized carbons (Fsp3) is 0.214. The molecule has 0 unspecified atom stereocenters. The summed E-state index contributed by atoms with van der Waals surface area (Å²) >= 11 is 1.64. The summed E-state index contributed by atoms with van der Waals surface area (Å²) in [4.78, 5) is 12.9. The fourth-order valence-electron chi connectivity index (χ4n) is 1.66. The van der Waals surface area contributed by atoms with Gasteiger partial charge in [-0.15, -0.1) is 11.3 Å². The number of anilines is 1. The van der Waals surface area contributed by atoms with E-state index in [0.717, 1.165) is 0 Å². The van der Waals surface area contributed by atoms with Crippen LogP contribution in [0.3, 0.4) is 0 Å². The summed E-state index contributed by atoms with van der Waals surface area (Å²) in [5.41, 5.74) is 0.468. The number of halogens is 1. The molecular formula is C14H15FN2OS. The lowest BCUT2D eigenvalue weighted by Crippen LogP contribution is -2.29. The Kier molecular flexibility index (Phi) is 4.65. The van der Waals surface area contributed by atoms with Crippen molar-refractivity contribution in [3.05, 3.63) is 52.5 Å². The van der Waals surface area contributed by atoms with Crippen LogP contribution in [0.5, 0.6) is 0 Å². The summed E-state index contributed by atoms with van der Waals surface area (Å²) < 4.78 is 13.0. The number of hydrogen-bond acceptors (Lipinski definition) is 3. The van der Waals surface area contributed by atoms with Gasteiger partial charge in [0.15, 0.2) is 0 Å². The fourth-order valence-corrected chi connectivity index (χ4v) is 2.41. The van der Waals surface area contributed by atoms with Crippen LogP contribution < -0.4 is 10.6 Å². The van der Waals surface area contributed by atoms with E-state index >= 15 is 0 Å². The Balaban J connectivity index is 1.82. The number of carbonyl (C=O) groups excluding carboxylic acids is 1. The van der Waals surface area contributed by atoms with Gasteiger partial charge in [-0.05, 0) is 36.6 Å². The van der Waals surface area contributed by atoms with E-state index in [1.54, 1.807) is 23.5 Å². The molecule has 5 heteroatoms. The maximum atomic E-state index is 13.0. The van der Waals surface area contributed by atoms with E-state index in [4.69, 9.17) is 0 Å². The van der Waals surface area contributed by atoms with E-state index in [1.807, 2.05) is 24.4 Å². The third kappa shape index (κ3) is 4.15. The monoisotopic (exact) mass is 278 g/mol. The molecule has 1 aromatic heterocycles. The normalized spacial score (nSPS) is 12.1. The average Bonchev–Trinajstić information content (AvgIpc) is 2.90. The van der Waals surface area contributed by atoms with Crippen molar-refractivity contribution >= 4 is 22.9 Å². The molecule has 0 saturated heterocycles. The second kappa shape index (κ2) is 6.45. The molecule has 0 bridgehead atoms. The maximum absolute atomic E-state index is 13.0. The predicted octanol–water partition coefficient (Wildman–Crippen LogP) is 3.18. The van der Waals surface area contributed by atoms with Crippen LogP contribution in [0.25, 0.3) is 0 Å². The highest BCUT2D eigenvalue weighted by atomic mass is 32.1. The molecule has 1 aromatic carbocycles. The van der Waals surface area contributed by atoms with Crippen LogP contribution in [0.1, 0.15) is 17.8 Å². The van der Waals surface area contributed by atoms with Gasteiger partial charge < -0.3 is 10.6 Å². The van der Waals surface area contributed by atoms with Crippen molar-refractivity contribution in [3.63, 3.8) is 0 Å². The Morgan fingerprint density at radius 1 is 1.37 bits per heavy atom. The van der Waals surface area contributed by atoms with Crippen LogP contribution in [0.2, 0.25) is 0 Å². The van der Waals surface area contributed by atoms with Crippen molar-refractivity contribution in [2.75, 3.05) is 11.9 Å². The molecule has 1 atom stereocenters. The summed E-state index contributed by atoms with van der Waals surface area (Å²) in [7, 11) is 0. The van der Waals surface area contributed by atoms with Crippen molar-refractivity contribution in [1.29, 1.82) is 0 Å². The topological polar surface area (TPSA) is 41.1 Å². The number of nitrogens with one attached hydrogen (secondary N) is 2. The van der Waals surface area contributed by atoms with Crippen LogP contribution in [0.15, 0.2) is 41.8 Å². The minimum absolute atomic E-state index is 0.123. The number of amides is 1. The first-order chi connectivity index (χ1) is 9.15. The third-order valence-corrected chi connectivity index (χ3v) is 3.70. The average molecular weight is 278 g/mol. The van der Waals surface area contributed by atoms with Crippen molar-refractivity contribution < 1.29 is 9.18 Å². The molecule has 2 aromatic rings. The third-order valence-electron chi connectivity index (χ3n) is 2.65. The van der Waals surface area contributed by atoms with Crippen LogP contribution in [-0.4, -0.2) is 12.5 Å². The molecule has 19 heavy (non-hydrogen) atoms. The molecule has 2 rings (SSSR count). The zero-order valence-corrected chi connectivity index (χ0v) is 11.3. The summed E-state index contributed by atoms with van der Waals surface area (Å²) in [5, 5.41) is 7.77. The highest BCUT2D eigenvalue weighted by molar-refractivity contribution is 7.10. The molecule has 0 radical (unpaired) electrons. The highest BCUT2D eigenvalue weighted by Crippen LogP contribution is 2.17. The standard InChI is InChI=1S/C14H15FN2OS/c1-10(13-6-3-7-19-13)16-9-14(18)17-12-5-2-4-11(15)8-12/h2-8,10,16H,9H2,1H3,(H,17,18)/t10-/m1/s1. The van der Waals surface area contributed by atoms with Crippen LogP contribution >= 0.6 is 11.3 Å². The Bertz CT molecular complexity index is 542. The summed E-state index contributed by atoms with van der Waals surface area (Å²) in [6.45, 7) is 2.19. The Hall–Kier alpha value is -1.72. The summed E-state index contributed by atoms with van der Waals surface area (Å²) in [5.74, 6) is -0.549. The summed E-state index contributed by atoms with van der Waals surface area (Å²) in [6, 6.07) is 9.97. The number of carbonyl (C=O) groups is 1. The zero-order valence-electron chi connectivity index (χ0n) is 10.5. The first-order valence-electron chi connectivity index (χ1n) is 5.97. The first-order valence-corrected chi connectivity index (χ1v) is 6.85. The van der Waals surface area contributed by atoms with E-state index < -0.39 is 0 Å². The van der Waals surface area contributed by atoms with E-state index in [0.29, 0.717) is 5.69 Å². The van der Waals surface area contributed by atoms with Gasteiger partial charge in [0.25, 0.3) is 0 Å². The first kappa shape index (κ1) is 13.7. The molecule has 2 N–H and O–H groups in total. The largest absolute Gasteiger partial charge is 0.325 e. The number of benzene rings is 1. The van der Waals surface area contributed by atoms with E-state index in [9.17, 15) is 9.18 Å². The molecule has 0 aliphatic heterocycles. The lowest BCUT2D eigenvalue weighted by Gasteiger charge is -2.12. The Morgan fingerprint density at radius 2 is 2.21 bits per heavy atom. The van der Waals surface area contributed by atoms with Gasteiger partial charge in [-0.1, -0.05) is 12.1 Å². The maximum Gasteiger partial charge on any atom is 0.238 e. The molecule has 0 spiro atoms. The zero-order chi connectivity index (χ0) is 13.7. The van der Waals surface area contributed by atoms with E-state index in [2.05, 4.69) is 10.6 Å². The number of hydrogen-bond donors (Lipinski definition) is 2. The quantitative estimate of drug-likeness (QED) is 0.882. The molecule has 0 aliphatic carbocycles. The highest BCUT2D eigenvalue weighted by Gasteiger charge is 2.08. The van der Waals surface area contributed by atoms with Crippen LogP contribution in [0.4, 0.5) is 10.1 Å². The second-order valence-electron chi connectivity index (χ2n) is 4.18. The predicted molar refractivity (Wildman–Crippen MR) is 75.8 cm³/mol. The molecule has 1 amide bonds. The molecule has 0 fully saturated rings. The van der Waals surface area contributed by atoms with Crippen molar-refractivity contribution in [2.24, 2.45) is 0 Å². The van der Waals surface area contributed by atoms with Gasteiger partial charge in [-0.3, -0.25) is 4.79 Å². The van der Waals surface area contributed by atoms with Crippen LogP contribution in [0, 0.1) is 5.82 Å². The van der Waals surface area contributed by atoms with Gasteiger partial charge in [-0.25, -0.2) is 4.39 Å². The number of thiophene rings is 1. The van der Waals surface area contributed by atoms with E-state index in [-0.39, 0.29) is 24.3 Å². The molecular weight excluding hydrogens is 263 g/mol. The van der Waals surface area contributed by atoms with Gasteiger partial charge in [0.05, 0.1) is 6.54 Å². The SMILES string of the molecule is C[C@@H](NCC(=O)Nc1cccc(F)c1)c1cccs1. The Morgan fingerprint density at radius 3 is 2.89 bits per heavy atom. The van der Waals surface area contributed by atoms with Gasteiger partial charge in [0.2, 0.25) is 5.91 Å². The van der Waals surface area contributed by atoms with Crippen molar-refractivity contribution in [2.45, 2.75) is 13.0 Å². The van der Waals surface area contributed by atoms with Gasteiger partial charge >= 0.3 is 0 Å². The van der Waals surface area contributed by atoms with Crippen molar-refractivity contribution in [3.8, 4) is 0 Å². The van der Waals surface area contributed by atoms with E-state index in [1.165, 1.54) is 17.0 Å². The van der Waals surface area contributed by atoms with Gasteiger partial charge in [0, 0.05) is 16.6 Å². The van der Waals surface area contributed by atoms with Crippen LogP contribution in [-0.2, 0) is 4.79 Å². The minimum atomic E-state index is -0.363. The lowest BCUT2D eigenvalue weighted by atomic mass is 10.2. The molecule has 100 valence electrons. The molecule has 1 heterocycles. The smallest absolute Gasteiger partial charge is 0.238 e. The molecule has 0 saturated carbocycles. The summed E-state index contributed by atoms with van der Waals surface area (Å²) in [6.07, 6.45) is 0. The lowest BCUT2D eigenvalue weighted by molar-refractivity contribution is -0.115. The number of rotatable bonds is 5. The Labute approximate surface area is 115 Å². The minimum Gasteiger partial charge on any atom is -0.325 e. The molecule has 3 nitrogen and oxygen atoms in total.